The maximum Gasteiger partial charge on any atom is 0.251 e. The lowest BCUT2D eigenvalue weighted by molar-refractivity contribution is -0.118. The third-order valence-corrected chi connectivity index (χ3v) is 5.37. The zero-order valence-electron chi connectivity index (χ0n) is 16.4. The van der Waals surface area contributed by atoms with Gasteiger partial charge in [-0.2, -0.15) is 0 Å². The van der Waals surface area contributed by atoms with E-state index in [0.29, 0.717) is 29.0 Å². The molecule has 30 heavy (non-hydrogen) atoms. The average molecular weight is 426 g/mol. The Morgan fingerprint density at radius 1 is 1.23 bits per heavy atom. The second kappa shape index (κ2) is 8.64. The van der Waals surface area contributed by atoms with Gasteiger partial charge in [-0.15, -0.1) is 0 Å². The molecule has 0 spiro atoms. The first-order valence-corrected chi connectivity index (χ1v) is 10.1. The Balaban J connectivity index is 1.53. The summed E-state index contributed by atoms with van der Waals surface area (Å²) in [6, 6.07) is 14.2. The summed E-state index contributed by atoms with van der Waals surface area (Å²) in [6.45, 7) is 1.25. The average Bonchev–Trinajstić information content (AvgIpc) is 3.35. The second-order valence-corrected chi connectivity index (χ2v) is 7.64. The molecule has 1 unspecified atom stereocenters. The lowest BCUT2D eigenvalue weighted by Crippen LogP contribution is -2.36. The highest BCUT2D eigenvalue weighted by molar-refractivity contribution is 6.34. The molecule has 6 N–H and O–H groups in total. The van der Waals surface area contributed by atoms with E-state index in [2.05, 4.69) is 16.0 Å². The number of benzene rings is 2. The summed E-state index contributed by atoms with van der Waals surface area (Å²) >= 11 is 6.46. The van der Waals surface area contributed by atoms with Crippen molar-refractivity contribution < 1.29 is 4.79 Å². The fourth-order valence-electron chi connectivity index (χ4n) is 3.58. The largest absolute Gasteiger partial charge is 0.355 e. The molecular formula is C21H24ClN7O. The van der Waals surface area contributed by atoms with Gasteiger partial charge >= 0.3 is 0 Å². The van der Waals surface area contributed by atoms with Crippen LogP contribution in [0.3, 0.4) is 0 Å². The Kier molecular flexibility index (Phi) is 5.78. The number of hydrogen-bond acceptors (Lipinski definition) is 6. The number of nitrogens with zero attached hydrogens (tertiary/aromatic N) is 2. The number of hydrogen-bond donors (Lipinski definition) is 5. The molecule has 156 valence electrons. The molecule has 2 aromatic carbocycles. The predicted molar refractivity (Wildman–Crippen MR) is 119 cm³/mol. The molecule has 2 aliphatic heterocycles. The standard InChI is InChI=1S/C21H24ClN7O/c22-16-11-15(8-9-17(16)29-10-4-7-18(29)23)26-21(30)20(14-5-2-1-3-6-14)27-19-12-28(24)13-25-19/h1-3,5-6,8-9,11-12,20,23,25,27H,4,7,10,13,24H2,(H,26,30). The monoisotopic (exact) mass is 425 g/mol. The number of halogens is 1. The third-order valence-electron chi connectivity index (χ3n) is 5.07. The quantitative estimate of drug-likeness (QED) is 0.455. The van der Waals surface area contributed by atoms with Crippen molar-refractivity contribution in [3.05, 3.63) is 71.1 Å². The zero-order chi connectivity index (χ0) is 21.1. The summed E-state index contributed by atoms with van der Waals surface area (Å²) < 4.78 is 0. The van der Waals surface area contributed by atoms with Crippen molar-refractivity contribution in [3.8, 4) is 0 Å². The van der Waals surface area contributed by atoms with Gasteiger partial charge in [-0.1, -0.05) is 41.9 Å². The summed E-state index contributed by atoms with van der Waals surface area (Å²) in [4.78, 5) is 15.0. The summed E-state index contributed by atoms with van der Waals surface area (Å²) in [5.74, 6) is 6.76. The molecule has 8 nitrogen and oxygen atoms in total. The summed E-state index contributed by atoms with van der Waals surface area (Å²) in [5, 5.41) is 19.3. The van der Waals surface area contributed by atoms with E-state index in [1.807, 2.05) is 47.4 Å². The molecule has 1 amide bonds. The van der Waals surface area contributed by atoms with Gasteiger partial charge in [0.15, 0.2) is 0 Å². The first-order valence-electron chi connectivity index (χ1n) is 9.75. The predicted octanol–water partition coefficient (Wildman–Crippen LogP) is 2.72. The number of anilines is 2. The number of nitrogens with two attached hydrogens (primary N) is 1. The Morgan fingerprint density at radius 3 is 2.67 bits per heavy atom. The van der Waals surface area contributed by atoms with E-state index in [1.54, 1.807) is 12.3 Å². The Morgan fingerprint density at radius 2 is 2.03 bits per heavy atom. The van der Waals surface area contributed by atoms with Crippen LogP contribution in [0.25, 0.3) is 0 Å². The first-order chi connectivity index (χ1) is 14.5. The van der Waals surface area contributed by atoms with Crippen molar-refractivity contribution in [3.63, 3.8) is 0 Å². The van der Waals surface area contributed by atoms with Crippen LogP contribution in [-0.2, 0) is 4.79 Å². The van der Waals surface area contributed by atoms with Crippen molar-refractivity contribution >= 4 is 34.7 Å². The number of nitrogens with one attached hydrogen (secondary N) is 4. The van der Waals surface area contributed by atoms with Crippen LogP contribution in [0.2, 0.25) is 5.02 Å². The minimum Gasteiger partial charge on any atom is -0.355 e. The molecule has 1 atom stereocenters. The molecule has 2 aliphatic rings. The highest BCUT2D eigenvalue weighted by Gasteiger charge is 2.24. The van der Waals surface area contributed by atoms with Gasteiger partial charge in [0.25, 0.3) is 5.91 Å². The van der Waals surface area contributed by atoms with Crippen LogP contribution in [0.1, 0.15) is 24.4 Å². The first kappa shape index (κ1) is 20.1. The number of hydrazine groups is 1. The van der Waals surface area contributed by atoms with Gasteiger partial charge in [0.1, 0.15) is 24.4 Å². The number of rotatable bonds is 6. The molecule has 2 heterocycles. The van der Waals surface area contributed by atoms with Gasteiger partial charge in [0.2, 0.25) is 0 Å². The molecule has 1 fully saturated rings. The van der Waals surface area contributed by atoms with E-state index < -0.39 is 6.04 Å². The molecule has 2 aromatic rings. The number of carbonyl (C=O) groups excluding carboxylic acids is 1. The molecule has 0 aliphatic carbocycles. The molecule has 4 rings (SSSR count). The number of carbonyl (C=O) groups is 1. The van der Waals surface area contributed by atoms with Gasteiger partial charge in [0, 0.05) is 18.7 Å². The van der Waals surface area contributed by atoms with Gasteiger partial charge in [-0.25, -0.2) is 5.84 Å². The second-order valence-electron chi connectivity index (χ2n) is 7.24. The normalized spacial score (nSPS) is 16.9. The van der Waals surface area contributed by atoms with E-state index >= 15 is 0 Å². The minimum atomic E-state index is -0.623. The topological polar surface area (TPSA) is 110 Å². The molecule has 1 saturated heterocycles. The lowest BCUT2D eigenvalue weighted by atomic mass is 10.1. The van der Waals surface area contributed by atoms with Gasteiger partial charge in [-0.05, 0) is 30.2 Å². The SMILES string of the molecule is N=C1CCCN1c1ccc(NC(=O)C(NC2=CN(N)CN2)c2ccccc2)cc1Cl. The molecule has 0 bridgehead atoms. The Bertz CT molecular complexity index is 979. The van der Waals surface area contributed by atoms with Crippen LogP contribution in [0.15, 0.2) is 60.6 Å². The van der Waals surface area contributed by atoms with E-state index in [1.165, 1.54) is 5.01 Å². The Labute approximate surface area is 180 Å². The van der Waals surface area contributed by atoms with Crippen molar-refractivity contribution in [2.75, 3.05) is 23.4 Å². The van der Waals surface area contributed by atoms with Crippen LogP contribution in [0.4, 0.5) is 11.4 Å². The fraction of sp³-hybridized carbons (Fsp3) is 0.238. The highest BCUT2D eigenvalue weighted by Crippen LogP contribution is 2.32. The molecule has 0 aromatic heterocycles. The van der Waals surface area contributed by atoms with E-state index in [-0.39, 0.29) is 5.91 Å². The van der Waals surface area contributed by atoms with Crippen LogP contribution in [0.5, 0.6) is 0 Å². The summed E-state index contributed by atoms with van der Waals surface area (Å²) in [6.07, 6.45) is 3.41. The number of amidine groups is 1. The highest BCUT2D eigenvalue weighted by atomic mass is 35.5. The van der Waals surface area contributed by atoms with Gasteiger partial charge < -0.3 is 20.9 Å². The van der Waals surface area contributed by atoms with Gasteiger partial charge in [-0.3, -0.25) is 15.2 Å². The molecule has 0 radical (unpaired) electrons. The summed E-state index contributed by atoms with van der Waals surface area (Å²) in [5.41, 5.74) is 2.20. The maximum atomic E-state index is 13.1. The van der Waals surface area contributed by atoms with E-state index in [9.17, 15) is 4.79 Å². The lowest BCUT2D eigenvalue weighted by Gasteiger charge is -2.22. The van der Waals surface area contributed by atoms with Crippen molar-refractivity contribution in [1.82, 2.24) is 15.6 Å². The summed E-state index contributed by atoms with van der Waals surface area (Å²) in [7, 11) is 0. The maximum absolute atomic E-state index is 13.1. The van der Waals surface area contributed by atoms with Crippen LogP contribution in [-0.4, -0.2) is 30.0 Å². The van der Waals surface area contributed by atoms with Crippen molar-refractivity contribution in [2.24, 2.45) is 5.84 Å². The van der Waals surface area contributed by atoms with E-state index in [4.69, 9.17) is 22.9 Å². The van der Waals surface area contributed by atoms with E-state index in [0.717, 1.165) is 30.6 Å². The van der Waals surface area contributed by atoms with Gasteiger partial charge in [0.05, 0.1) is 16.9 Å². The van der Waals surface area contributed by atoms with Crippen LogP contribution in [0, 0.1) is 5.41 Å². The molecular weight excluding hydrogens is 402 g/mol. The zero-order valence-corrected chi connectivity index (χ0v) is 17.1. The third kappa shape index (κ3) is 4.34. The van der Waals surface area contributed by atoms with Crippen molar-refractivity contribution in [1.29, 1.82) is 5.41 Å². The molecule has 0 saturated carbocycles. The fourth-order valence-corrected chi connectivity index (χ4v) is 3.86. The smallest absolute Gasteiger partial charge is 0.251 e. The minimum absolute atomic E-state index is 0.225. The van der Waals surface area contributed by atoms with Crippen molar-refractivity contribution in [2.45, 2.75) is 18.9 Å². The van der Waals surface area contributed by atoms with Crippen LogP contribution < -0.4 is 26.7 Å². The number of amides is 1. The molecule has 9 heteroatoms. The Hall–Kier alpha value is -3.23. The van der Waals surface area contributed by atoms with Crippen LogP contribution >= 0.6 is 11.6 Å².